The first kappa shape index (κ1) is 13.8. The molecule has 98 valence electrons. The van der Waals surface area contributed by atoms with E-state index in [1.54, 1.807) is 0 Å². The van der Waals surface area contributed by atoms with Crippen LogP contribution in [0.2, 0.25) is 0 Å². The Morgan fingerprint density at radius 2 is 1.26 bits per heavy atom. The topological polar surface area (TPSA) is 0 Å². The largest absolute Gasteiger partial charge is 0.132 e. The predicted octanol–water partition coefficient (Wildman–Crippen LogP) is 5.48. The first-order valence-electron chi connectivity index (χ1n) is 6.98. The molecule has 2 rings (SSSR count). The molecule has 0 heterocycles. The lowest BCUT2D eigenvalue weighted by molar-refractivity contribution is 0.897. The van der Waals surface area contributed by atoms with Gasteiger partial charge in [0.1, 0.15) is 5.57 Å². The Labute approximate surface area is 117 Å². The molecule has 0 radical (unpaired) electrons. The zero-order valence-electron chi connectivity index (χ0n) is 12.9. The van der Waals surface area contributed by atoms with Crippen LogP contribution in [0.15, 0.2) is 63.5 Å². The lowest BCUT2D eigenvalue weighted by atomic mass is 9.86. The quantitative estimate of drug-likeness (QED) is 0.395. The average Bonchev–Trinajstić information content (AvgIpc) is 2.25. The highest BCUT2D eigenvalue weighted by Crippen LogP contribution is 2.31. The van der Waals surface area contributed by atoms with Crippen molar-refractivity contribution in [1.82, 2.24) is 0 Å². The van der Waals surface area contributed by atoms with Gasteiger partial charge in [-0.2, -0.15) is 0 Å². The minimum Gasteiger partial charge on any atom is -0.0751 e. The van der Waals surface area contributed by atoms with E-state index < -0.39 is 0 Å². The lowest BCUT2D eigenvalue weighted by Crippen LogP contribution is -2.02. The monoisotopic (exact) mass is 251 g/mol. The van der Waals surface area contributed by atoms with E-state index >= 15 is 0 Å². The highest BCUT2D eigenvalue weighted by atomic mass is 14.2. The summed E-state index contributed by atoms with van der Waals surface area (Å²) in [6.07, 6.45) is 9.10. The van der Waals surface area contributed by atoms with Crippen molar-refractivity contribution in [2.24, 2.45) is 5.92 Å². The van der Waals surface area contributed by atoms with Gasteiger partial charge in [-0.25, -0.2) is 0 Å². The molecule has 0 aliphatic heterocycles. The fourth-order valence-electron chi connectivity index (χ4n) is 3.01. The highest BCUT2D eigenvalue weighted by molar-refractivity contribution is 5.57. The fourth-order valence-corrected chi connectivity index (χ4v) is 3.01. The summed E-state index contributed by atoms with van der Waals surface area (Å²) >= 11 is 0. The van der Waals surface area contributed by atoms with Crippen LogP contribution in [-0.2, 0) is 0 Å². The van der Waals surface area contributed by atoms with E-state index in [1.165, 1.54) is 39.4 Å². The van der Waals surface area contributed by atoms with E-state index in [1.807, 2.05) is 0 Å². The molecule has 0 nitrogen and oxygen atoms in total. The Hall–Kier alpha value is -1.65. The third-order valence-electron chi connectivity index (χ3n) is 3.74. The summed E-state index contributed by atoms with van der Waals surface area (Å²) in [7, 11) is 0. The molecule has 0 bridgehead atoms. The van der Waals surface area contributed by atoms with Crippen LogP contribution in [0.3, 0.4) is 0 Å². The SMILES string of the molecule is CC1=C[C+](C)C=C(C)C1=C=C1C(C)=CC(C)C=C1C. The number of rotatable bonds is 0. The minimum atomic E-state index is 0.533. The molecule has 2 aliphatic carbocycles. The summed E-state index contributed by atoms with van der Waals surface area (Å²) in [5.74, 6) is 1.85. The molecule has 0 heteroatoms. The smallest absolute Gasteiger partial charge is 0.0751 e. The first-order chi connectivity index (χ1) is 8.88. The molecule has 0 aromatic heterocycles. The van der Waals surface area contributed by atoms with Gasteiger partial charge in [-0.1, -0.05) is 24.8 Å². The van der Waals surface area contributed by atoms with Crippen molar-refractivity contribution in [1.29, 1.82) is 0 Å². The maximum Gasteiger partial charge on any atom is 0.132 e. The Balaban J connectivity index is 2.59. The zero-order valence-corrected chi connectivity index (χ0v) is 12.9. The Kier molecular flexibility index (Phi) is 3.73. The summed E-state index contributed by atoms with van der Waals surface area (Å²) in [5.41, 5.74) is 11.4. The van der Waals surface area contributed by atoms with Gasteiger partial charge >= 0.3 is 0 Å². The second-order valence-corrected chi connectivity index (χ2v) is 5.83. The third kappa shape index (κ3) is 2.85. The van der Waals surface area contributed by atoms with Crippen molar-refractivity contribution in [3.05, 3.63) is 69.4 Å². The summed E-state index contributed by atoms with van der Waals surface area (Å²) in [4.78, 5) is 0. The van der Waals surface area contributed by atoms with Crippen molar-refractivity contribution < 1.29 is 0 Å². The van der Waals surface area contributed by atoms with E-state index in [2.05, 4.69) is 71.6 Å². The lowest BCUT2D eigenvalue weighted by Gasteiger charge is -2.16. The second kappa shape index (κ2) is 5.15. The Morgan fingerprint density at radius 3 is 1.74 bits per heavy atom. The fraction of sp³-hybridized carbons (Fsp3) is 0.368. The molecule has 0 N–H and O–H groups in total. The molecule has 2 aliphatic rings. The molecule has 0 amide bonds. The van der Waals surface area contributed by atoms with Crippen molar-refractivity contribution >= 4 is 0 Å². The van der Waals surface area contributed by atoms with Crippen molar-refractivity contribution in [2.75, 3.05) is 0 Å². The minimum absolute atomic E-state index is 0.533. The Bertz CT molecular complexity index is 488. The van der Waals surface area contributed by atoms with Crippen molar-refractivity contribution in [3.8, 4) is 0 Å². The molecule has 0 saturated carbocycles. The predicted molar refractivity (Wildman–Crippen MR) is 83.6 cm³/mol. The van der Waals surface area contributed by atoms with E-state index in [9.17, 15) is 0 Å². The molecular weight excluding hydrogens is 228 g/mol. The van der Waals surface area contributed by atoms with Crippen molar-refractivity contribution in [2.45, 2.75) is 41.5 Å². The number of hydrogen-bond donors (Lipinski definition) is 0. The molecule has 0 unspecified atom stereocenters. The normalized spacial score (nSPS) is 23.5. The van der Waals surface area contributed by atoms with Gasteiger partial charge in [0.2, 0.25) is 0 Å². The first-order valence-corrected chi connectivity index (χ1v) is 6.98. The Morgan fingerprint density at radius 1 is 0.842 bits per heavy atom. The van der Waals surface area contributed by atoms with Crippen LogP contribution in [0.1, 0.15) is 41.5 Å². The zero-order chi connectivity index (χ0) is 14.2. The van der Waals surface area contributed by atoms with Gasteiger partial charge in [0.25, 0.3) is 0 Å². The molecule has 0 aromatic rings. The van der Waals surface area contributed by atoms with Crippen LogP contribution in [-0.4, -0.2) is 0 Å². The van der Waals surface area contributed by atoms with Crippen LogP contribution < -0.4 is 0 Å². The summed E-state index contributed by atoms with van der Waals surface area (Å²) < 4.78 is 0. The van der Waals surface area contributed by atoms with Crippen LogP contribution in [0, 0.1) is 11.8 Å². The highest BCUT2D eigenvalue weighted by Gasteiger charge is 2.21. The maximum atomic E-state index is 3.64. The van der Waals surface area contributed by atoms with Gasteiger partial charge in [0, 0.05) is 32.3 Å². The molecular formula is C19H23+. The average molecular weight is 251 g/mol. The van der Waals surface area contributed by atoms with E-state index in [4.69, 9.17) is 0 Å². The molecule has 0 aromatic carbocycles. The van der Waals surface area contributed by atoms with E-state index in [0.717, 1.165) is 0 Å². The summed E-state index contributed by atoms with van der Waals surface area (Å²) in [5, 5.41) is 0. The van der Waals surface area contributed by atoms with Gasteiger partial charge in [0.05, 0.1) is 23.3 Å². The molecule has 19 heavy (non-hydrogen) atoms. The van der Waals surface area contributed by atoms with E-state index in [0.29, 0.717) is 5.92 Å². The molecule has 0 saturated heterocycles. The van der Waals surface area contributed by atoms with Gasteiger partial charge < -0.3 is 0 Å². The van der Waals surface area contributed by atoms with Crippen LogP contribution >= 0.6 is 0 Å². The second-order valence-electron chi connectivity index (χ2n) is 5.83. The number of hydrogen-bond acceptors (Lipinski definition) is 0. The van der Waals surface area contributed by atoms with Gasteiger partial charge in [-0.05, 0) is 30.9 Å². The van der Waals surface area contributed by atoms with Crippen LogP contribution in [0.5, 0.6) is 0 Å². The molecule has 0 atom stereocenters. The molecule has 0 fully saturated rings. The molecule has 0 spiro atoms. The maximum absolute atomic E-state index is 3.64. The van der Waals surface area contributed by atoms with E-state index in [-0.39, 0.29) is 0 Å². The third-order valence-corrected chi connectivity index (χ3v) is 3.74. The van der Waals surface area contributed by atoms with Gasteiger partial charge in [-0.15, -0.1) is 0 Å². The van der Waals surface area contributed by atoms with Crippen LogP contribution in [0.4, 0.5) is 0 Å². The van der Waals surface area contributed by atoms with Crippen molar-refractivity contribution in [3.63, 3.8) is 0 Å². The van der Waals surface area contributed by atoms with Crippen LogP contribution in [0.25, 0.3) is 0 Å². The number of allylic oxidation sites excluding steroid dienone is 9. The van der Waals surface area contributed by atoms with Gasteiger partial charge in [-0.3, -0.25) is 0 Å². The summed E-state index contributed by atoms with van der Waals surface area (Å²) in [6, 6.07) is 0. The van der Waals surface area contributed by atoms with Gasteiger partial charge in [0.15, 0.2) is 0 Å². The standard InChI is InChI=1S/C19H23/c1-12-7-14(3)18(15(4)8-12)11-19-16(5)9-13(2)10-17(19)6/h7-10,12H,1-6H3/q+1. The summed E-state index contributed by atoms with van der Waals surface area (Å²) in [6.45, 7) is 13.1.